The smallest absolute Gasteiger partial charge is 0.410 e. The molecule has 0 aromatic carbocycles. The molecule has 0 aromatic heterocycles. The lowest BCUT2D eigenvalue weighted by Crippen LogP contribution is -2.51. The van der Waals surface area contributed by atoms with Gasteiger partial charge in [-0.1, -0.05) is 78.4 Å². The molecule has 4 N–H and O–H groups in total. The summed E-state index contributed by atoms with van der Waals surface area (Å²) in [7, 11) is 0. The van der Waals surface area contributed by atoms with Crippen molar-refractivity contribution in [2.75, 3.05) is 26.2 Å². The van der Waals surface area contributed by atoms with E-state index in [9.17, 15) is 4.79 Å². The van der Waals surface area contributed by atoms with Gasteiger partial charge in [0.25, 0.3) is 0 Å². The third kappa shape index (κ3) is 7.59. The van der Waals surface area contributed by atoms with Crippen LogP contribution in [0.3, 0.4) is 0 Å². The summed E-state index contributed by atoms with van der Waals surface area (Å²) in [5.41, 5.74) is 13.9. The fourth-order valence-electron chi connectivity index (χ4n) is 10.3. The topological polar surface area (TPSA) is 81.6 Å². The Morgan fingerprint density at radius 2 is 1.64 bits per heavy atom. The molecule has 0 bridgehead atoms. The number of hydrogen-bond donors (Lipinski definition) is 2. The fourth-order valence-corrected chi connectivity index (χ4v) is 10.3. The molecule has 0 unspecified atom stereocenters. The van der Waals surface area contributed by atoms with Gasteiger partial charge in [-0.2, -0.15) is 0 Å². The Bertz CT molecular complexity index is 888. The van der Waals surface area contributed by atoms with Crippen molar-refractivity contribution in [2.24, 2.45) is 57.8 Å². The molecule has 4 aliphatic carbocycles. The monoisotopic (exact) mass is 586 g/mol. The minimum atomic E-state index is -0.127. The molecule has 0 saturated heterocycles. The summed E-state index contributed by atoms with van der Waals surface area (Å²) >= 11 is 0. The maximum atomic E-state index is 13.3. The molecule has 8 atom stereocenters. The maximum absolute atomic E-state index is 13.3. The van der Waals surface area contributed by atoms with Crippen LogP contribution >= 0.6 is 0 Å². The molecule has 4 rings (SSSR count). The number of amides is 1. The van der Waals surface area contributed by atoms with Crippen molar-refractivity contribution >= 4 is 6.09 Å². The van der Waals surface area contributed by atoms with Gasteiger partial charge in [-0.15, -0.1) is 0 Å². The van der Waals surface area contributed by atoms with Gasteiger partial charge >= 0.3 is 6.09 Å². The van der Waals surface area contributed by atoms with Crippen molar-refractivity contribution in [1.82, 2.24) is 4.90 Å². The number of fused-ring (bicyclic) bond motifs is 5. The number of unbranched alkanes of at least 4 members (excludes halogenated alkanes) is 3. The molecule has 0 aliphatic heterocycles. The van der Waals surface area contributed by atoms with Crippen LogP contribution in [0.1, 0.15) is 137 Å². The number of nitrogens with zero attached hydrogens (tertiary/aromatic N) is 1. The third-order valence-electron chi connectivity index (χ3n) is 12.8. The molecule has 0 heterocycles. The number of carbonyl (C=O) groups excluding carboxylic acids is 1. The molecule has 0 radical (unpaired) electrons. The third-order valence-corrected chi connectivity index (χ3v) is 12.8. The van der Waals surface area contributed by atoms with Gasteiger partial charge < -0.3 is 21.1 Å². The summed E-state index contributed by atoms with van der Waals surface area (Å²) in [4.78, 5) is 15.2. The summed E-state index contributed by atoms with van der Waals surface area (Å²) in [5, 5.41) is 0. The summed E-state index contributed by atoms with van der Waals surface area (Å²) in [6.45, 7) is 15.4. The zero-order valence-electron chi connectivity index (χ0n) is 28.2. The molecule has 5 heteroatoms. The van der Waals surface area contributed by atoms with E-state index < -0.39 is 0 Å². The molecule has 3 saturated carbocycles. The predicted molar refractivity (Wildman–Crippen MR) is 176 cm³/mol. The second-order valence-corrected chi connectivity index (χ2v) is 15.9. The highest BCUT2D eigenvalue weighted by molar-refractivity contribution is 5.67. The first-order chi connectivity index (χ1) is 20.1. The van der Waals surface area contributed by atoms with Gasteiger partial charge in [0.05, 0.1) is 0 Å². The van der Waals surface area contributed by atoms with Crippen LogP contribution in [0.25, 0.3) is 0 Å². The largest absolute Gasteiger partial charge is 0.446 e. The zero-order valence-corrected chi connectivity index (χ0v) is 28.2. The van der Waals surface area contributed by atoms with Crippen LogP contribution in [0.2, 0.25) is 0 Å². The van der Waals surface area contributed by atoms with Crippen molar-refractivity contribution in [3.8, 4) is 0 Å². The van der Waals surface area contributed by atoms with E-state index in [-0.39, 0.29) is 17.6 Å². The van der Waals surface area contributed by atoms with Crippen LogP contribution in [0.5, 0.6) is 0 Å². The number of nitrogens with two attached hydrogens (primary N) is 2. The molecule has 5 nitrogen and oxygen atoms in total. The number of rotatable bonds is 15. The van der Waals surface area contributed by atoms with E-state index in [1.807, 2.05) is 4.90 Å². The van der Waals surface area contributed by atoms with Crippen LogP contribution in [-0.4, -0.2) is 43.3 Å². The van der Waals surface area contributed by atoms with Crippen molar-refractivity contribution in [3.05, 3.63) is 11.6 Å². The van der Waals surface area contributed by atoms with E-state index in [1.54, 1.807) is 5.57 Å². The lowest BCUT2D eigenvalue weighted by Gasteiger charge is -2.58. The van der Waals surface area contributed by atoms with Gasteiger partial charge in [0.15, 0.2) is 0 Å². The van der Waals surface area contributed by atoms with E-state index in [0.717, 1.165) is 100.0 Å². The van der Waals surface area contributed by atoms with Gasteiger partial charge in [0.2, 0.25) is 0 Å². The minimum absolute atomic E-state index is 0.0161. The first-order valence-electron chi connectivity index (χ1n) is 18.2. The number of allylic oxidation sites excluding steroid dienone is 1. The first-order valence-corrected chi connectivity index (χ1v) is 18.2. The van der Waals surface area contributed by atoms with Crippen molar-refractivity contribution in [3.63, 3.8) is 0 Å². The lowest BCUT2D eigenvalue weighted by atomic mass is 9.47. The molecule has 4 aliphatic rings. The Kier molecular flexibility index (Phi) is 12.3. The van der Waals surface area contributed by atoms with Crippen LogP contribution < -0.4 is 11.5 Å². The van der Waals surface area contributed by atoms with Crippen LogP contribution in [-0.2, 0) is 4.74 Å². The maximum Gasteiger partial charge on any atom is 0.410 e. The molecule has 242 valence electrons. The van der Waals surface area contributed by atoms with Crippen molar-refractivity contribution in [1.29, 1.82) is 0 Å². The fraction of sp³-hybridized carbons (Fsp3) is 0.919. The Morgan fingerprint density at radius 3 is 2.38 bits per heavy atom. The summed E-state index contributed by atoms with van der Waals surface area (Å²) in [5.74, 6) is 5.13. The predicted octanol–water partition coefficient (Wildman–Crippen LogP) is 8.70. The van der Waals surface area contributed by atoms with Gasteiger partial charge in [-0.3, -0.25) is 0 Å². The second-order valence-electron chi connectivity index (χ2n) is 15.9. The Balaban J connectivity index is 1.35. The molecule has 0 spiro atoms. The number of carbonyl (C=O) groups is 1. The van der Waals surface area contributed by atoms with E-state index in [0.29, 0.717) is 18.5 Å². The van der Waals surface area contributed by atoms with Gasteiger partial charge in [-0.05, 0) is 124 Å². The molecule has 0 aromatic rings. The Hall–Kier alpha value is -1.07. The van der Waals surface area contributed by atoms with Gasteiger partial charge in [0.1, 0.15) is 6.10 Å². The van der Waals surface area contributed by atoms with Crippen LogP contribution in [0.15, 0.2) is 11.6 Å². The molecule has 3 fully saturated rings. The van der Waals surface area contributed by atoms with E-state index in [2.05, 4.69) is 40.7 Å². The number of hydrogen-bond acceptors (Lipinski definition) is 4. The molecular formula is C37H67N3O2. The Labute approximate surface area is 259 Å². The minimum Gasteiger partial charge on any atom is -0.446 e. The van der Waals surface area contributed by atoms with Crippen LogP contribution in [0, 0.1) is 46.3 Å². The van der Waals surface area contributed by atoms with E-state index in [1.165, 1.54) is 51.4 Å². The standard InChI is InChI=1S/C37H67N3O2/c1-27(2)12-10-13-28(3)32-16-17-33-31-15-14-29-26-30(18-20-36(29,4)34(31)19-21-37(32,33)5)42-35(41)40(25-11-23-39)24-9-7-6-8-22-38/h14,27-28,30-34H,6-13,15-26,38-39H2,1-5H3/t28-,30+,31+,32-,33+,34+,36+,37-/m1/s1. The average molecular weight is 586 g/mol. The quantitative estimate of drug-likeness (QED) is 0.149. The highest BCUT2D eigenvalue weighted by Crippen LogP contribution is 2.67. The molecule has 1 amide bonds. The average Bonchev–Trinajstić information content (AvgIpc) is 3.31. The van der Waals surface area contributed by atoms with Crippen molar-refractivity contribution < 1.29 is 9.53 Å². The highest BCUT2D eigenvalue weighted by Gasteiger charge is 2.59. The lowest BCUT2D eigenvalue weighted by molar-refractivity contribution is -0.0593. The van der Waals surface area contributed by atoms with Crippen LogP contribution in [0.4, 0.5) is 4.79 Å². The first kappa shape index (κ1) is 33.8. The van der Waals surface area contributed by atoms with E-state index >= 15 is 0 Å². The van der Waals surface area contributed by atoms with Crippen molar-refractivity contribution in [2.45, 2.75) is 143 Å². The second kappa shape index (κ2) is 15.3. The number of ether oxygens (including phenoxy) is 1. The normalized spacial score (nSPS) is 34.8. The summed E-state index contributed by atoms with van der Waals surface area (Å²) in [6, 6.07) is 0. The van der Waals surface area contributed by atoms with Gasteiger partial charge in [-0.25, -0.2) is 4.79 Å². The van der Waals surface area contributed by atoms with Gasteiger partial charge in [0, 0.05) is 19.5 Å². The zero-order chi connectivity index (χ0) is 30.3. The van der Waals surface area contributed by atoms with E-state index in [4.69, 9.17) is 16.2 Å². The Morgan fingerprint density at radius 1 is 0.905 bits per heavy atom. The summed E-state index contributed by atoms with van der Waals surface area (Å²) < 4.78 is 6.22. The molecular weight excluding hydrogens is 518 g/mol. The SMILES string of the molecule is CC(C)CCC[C@@H](C)[C@H]1CC[C@H]2[C@@H]3CC=C4C[C@@H](OC(=O)N(CCCN)CCCCCCN)CC[C@]4(C)[C@H]3CC[C@]12C. The molecule has 42 heavy (non-hydrogen) atoms. The summed E-state index contributed by atoms with van der Waals surface area (Å²) in [6.07, 6.45) is 21.9. The highest BCUT2D eigenvalue weighted by atomic mass is 16.6.